The van der Waals surface area contributed by atoms with Crippen LogP contribution in [0.3, 0.4) is 0 Å². The smallest absolute Gasteiger partial charge is 0.393 e. The van der Waals surface area contributed by atoms with Crippen molar-refractivity contribution >= 4 is 33.3 Å². The Balaban J connectivity index is 1.56. The molecule has 1 amide bonds. The highest BCUT2D eigenvalue weighted by Gasteiger charge is 2.38. The molecule has 2 fully saturated rings. The predicted molar refractivity (Wildman–Crippen MR) is 137 cm³/mol. The SMILES string of the molecule is CCCN(CC(=O)CC(CC)C1CCC(O)CC1)C(=O)c1nc2c(C(F)(F)F)cc(C3CC3)cn2c1Br. The van der Waals surface area contributed by atoms with Crippen LogP contribution in [0.5, 0.6) is 0 Å². The maximum Gasteiger partial charge on any atom is 0.419 e. The molecule has 2 aromatic rings. The van der Waals surface area contributed by atoms with Crippen LogP contribution in [0.4, 0.5) is 13.2 Å². The summed E-state index contributed by atoms with van der Waals surface area (Å²) in [4.78, 5) is 32.1. The molecule has 2 aromatic heterocycles. The number of aliphatic hydroxyl groups is 1. The molecule has 1 N–H and O–H groups in total. The molecular weight excluding hydrogens is 551 g/mol. The van der Waals surface area contributed by atoms with Gasteiger partial charge in [-0.25, -0.2) is 4.98 Å². The van der Waals surface area contributed by atoms with Crippen LogP contribution in [0.1, 0.15) is 99.2 Å². The van der Waals surface area contributed by atoms with E-state index in [1.165, 1.54) is 9.30 Å². The Morgan fingerprint density at radius 3 is 2.43 bits per heavy atom. The first-order chi connectivity index (χ1) is 17.5. The minimum Gasteiger partial charge on any atom is -0.393 e. The Morgan fingerprint density at radius 1 is 1.19 bits per heavy atom. The van der Waals surface area contributed by atoms with Crippen LogP contribution in [-0.2, 0) is 11.0 Å². The lowest BCUT2D eigenvalue weighted by atomic mass is 9.76. The van der Waals surface area contributed by atoms with Crippen molar-refractivity contribution < 1.29 is 27.9 Å². The normalized spacial score (nSPS) is 21.3. The summed E-state index contributed by atoms with van der Waals surface area (Å²) in [6, 6.07) is 1.14. The number of carbonyl (C=O) groups excluding carboxylic acids is 2. The number of alkyl halides is 3. The number of aromatic nitrogens is 2. The summed E-state index contributed by atoms with van der Waals surface area (Å²) in [6.07, 6.45) is 3.51. The molecule has 4 rings (SSSR count). The third-order valence-electron chi connectivity index (χ3n) is 7.81. The molecule has 2 aliphatic rings. The van der Waals surface area contributed by atoms with E-state index in [-0.39, 0.29) is 46.2 Å². The summed E-state index contributed by atoms with van der Waals surface area (Å²) in [5, 5.41) is 9.81. The van der Waals surface area contributed by atoms with E-state index >= 15 is 0 Å². The van der Waals surface area contributed by atoms with Crippen LogP contribution in [0, 0.1) is 11.8 Å². The standard InChI is InChI=1S/C27H35BrF3N3O3/c1-3-11-33(15-21(36)12-16(4-2)17-7-9-20(35)10-8-17)26(37)23-24(28)34-14-19(18-5-6-18)13-22(25(34)32-23)27(29,30)31/h13-14,16-18,20,35H,3-12,15H2,1-2H3. The number of amides is 1. The van der Waals surface area contributed by atoms with Crippen molar-refractivity contribution in [1.29, 1.82) is 0 Å². The van der Waals surface area contributed by atoms with Gasteiger partial charge in [-0.05, 0) is 90.3 Å². The Labute approximate surface area is 223 Å². The number of hydrogen-bond donors (Lipinski definition) is 1. The fraction of sp³-hybridized carbons (Fsp3) is 0.667. The molecule has 10 heteroatoms. The molecule has 204 valence electrons. The van der Waals surface area contributed by atoms with E-state index in [1.807, 2.05) is 6.92 Å². The molecular formula is C27H35BrF3N3O3. The zero-order chi connectivity index (χ0) is 26.9. The highest BCUT2D eigenvalue weighted by atomic mass is 79.9. The number of aliphatic hydroxyl groups excluding tert-OH is 1. The topological polar surface area (TPSA) is 74.9 Å². The van der Waals surface area contributed by atoms with Crippen molar-refractivity contribution in [3.63, 3.8) is 0 Å². The van der Waals surface area contributed by atoms with Crippen molar-refractivity contribution in [3.8, 4) is 0 Å². The van der Waals surface area contributed by atoms with Crippen molar-refractivity contribution in [2.45, 2.75) is 89.8 Å². The second-order valence-electron chi connectivity index (χ2n) is 10.6. The number of halogens is 4. The molecule has 6 nitrogen and oxygen atoms in total. The highest BCUT2D eigenvalue weighted by molar-refractivity contribution is 9.10. The van der Waals surface area contributed by atoms with Gasteiger partial charge in [0, 0.05) is 19.2 Å². The van der Waals surface area contributed by atoms with Gasteiger partial charge in [0.2, 0.25) is 0 Å². The molecule has 0 radical (unpaired) electrons. The Morgan fingerprint density at radius 2 is 1.86 bits per heavy atom. The number of imidazole rings is 1. The molecule has 0 spiro atoms. The lowest BCUT2D eigenvalue weighted by Crippen LogP contribution is -2.37. The lowest BCUT2D eigenvalue weighted by molar-refractivity contribution is -0.136. The zero-order valence-corrected chi connectivity index (χ0v) is 22.9. The van der Waals surface area contributed by atoms with Crippen LogP contribution >= 0.6 is 15.9 Å². The molecule has 0 aliphatic heterocycles. The molecule has 2 aliphatic carbocycles. The quantitative estimate of drug-likeness (QED) is 0.351. The van der Waals surface area contributed by atoms with Crippen LogP contribution in [-0.4, -0.2) is 50.3 Å². The summed E-state index contributed by atoms with van der Waals surface area (Å²) in [5.41, 5.74) is -0.718. The number of Topliss-reactive ketones (excluding diaryl/α,β-unsaturated/α-hetero) is 1. The van der Waals surface area contributed by atoms with Gasteiger partial charge in [0.1, 0.15) is 4.60 Å². The molecule has 0 bridgehead atoms. The van der Waals surface area contributed by atoms with Gasteiger partial charge < -0.3 is 10.0 Å². The van der Waals surface area contributed by atoms with Gasteiger partial charge in [0.05, 0.1) is 18.2 Å². The minimum absolute atomic E-state index is 0.0633. The first kappa shape index (κ1) is 28.1. The second kappa shape index (κ2) is 11.4. The number of ketones is 1. The zero-order valence-electron chi connectivity index (χ0n) is 21.4. The van der Waals surface area contributed by atoms with Gasteiger partial charge >= 0.3 is 6.18 Å². The van der Waals surface area contributed by atoms with E-state index in [9.17, 15) is 27.9 Å². The summed E-state index contributed by atoms with van der Waals surface area (Å²) in [5.74, 6) is 0.0388. The highest BCUT2D eigenvalue weighted by Crippen LogP contribution is 2.43. The summed E-state index contributed by atoms with van der Waals surface area (Å²) in [6.45, 7) is 4.14. The second-order valence-corrected chi connectivity index (χ2v) is 11.4. The fourth-order valence-electron chi connectivity index (χ4n) is 5.58. The molecule has 2 saturated carbocycles. The average molecular weight is 586 g/mol. The largest absolute Gasteiger partial charge is 0.419 e. The molecule has 0 saturated heterocycles. The van der Waals surface area contributed by atoms with E-state index in [4.69, 9.17) is 0 Å². The first-order valence-electron chi connectivity index (χ1n) is 13.3. The molecule has 2 heterocycles. The molecule has 37 heavy (non-hydrogen) atoms. The number of fused-ring (bicyclic) bond motifs is 1. The average Bonchev–Trinajstić information content (AvgIpc) is 3.65. The third-order valence-corrected chi connectivity index (χ3v) is 8.57. The minimum atomic E-state index is -4.61. The van der Waals surface area contributed by atoms with Gasteiger partial charge in [-0.15, -0.1) is 0 Å². The van der Waals surface area contributed by atoms with Crippen LogP contribution in [0.2, 0.25) is 0 Å². The molecule has 1 unspecified atom stereocenters. The van der Waals surface area contributed by atoms with E-state index in [1.54, 1.807) is 6.20 Å². The number of hydrogen-bond acceptors (Lipinski definition) is 4. The van der Waals surface area contributed by atoms with Crippen molar-refractivity contribution in [3.05, 3.63) is 33.7 Å². The van der Waals surface area contributed by atoms with Gasteiger partial charge in [-0.1, -0.05) is 20.3 Å². The van der Waals surface area contributed by atoms with Crippen LogP contribution < -0.4 is 0 Å². The van der Waals surface area contributed by atoms with Crippen molar-refractivity contribution in [1.82, 2.24) is 14.3 Å². The van der Waals surface area contributed by atoms with Crippen LogP contribution in [0.15, 0.2) is 16.9 Å². The van der Waals surface area contributed by atoms with E-state index in [0.29, 0.717) is 30.9 Å². The third kappa shape index (κ3) is 6.38. The Bertz CT molecular complexity index is 1140. The van der Waals surface area contributed by atoms with Gasteiger partial charge in [-0.2, -0.15) is 13.2 Å². The van der Waals surface area contributed by atoms with Crippen molar-refractivity contribution in [2.24, 2.45) is 11.8 Å². The van der Waals surface area contributed by atoms with Crippen LogP contribution in [0.25, 0.3) is 5.65 Å². The van der Waals surface area contributed by atoms with E-state index in [2.05, 4.69) is 27.8 Å². The van der Waals surface area contributed by atoms with E-state index < -0.39 is 17.6 Å². The van der Waals surface area contributed by atoms with Gasteiger partial charge in [-0.3, -0.25) is 14.0 Å². The molecule has 1 atom stereocenters. The van der Waals surface area contributed by atoms with Gasteiger partial charge in [0.25, 0.3) is 5.91 Å². The Kier molecular flexibility index (Phi) is 8.68. The lowest BCUT2D eigenvalue weighted by Gasteiger charge is -2.32. The van der Waals surface area contributed by atoms with Crippen molar-refractivity contribution in [2.75, 3.05) is 13.1 Å². The number of carbonyl (C=O) groups is 2. The maximum absolute atomic E-state index is 13.9. The maximum atomic E-state index is 13.9. The monoisotopic (exact) mass is 585 g/mol. The first-order valence-corrected chi connectivity index (χ1v) is 14.1. The summed E-state index contributed by atoms with van der Waals surface area (Å²) < 4.78 is 43.1. The molecule has 0 aromatic carbocycles. The summed E-state index contributed by atoms with van der Waals surface area (Å²) in [7, 11) is 0. The summed E-state index contributed by atoms with van der Waals surface area (Å²) >= 11 is 3.33. The van der Waals surface area contributed by atoms with E-state index in [0.717, 1.165) is 51.0 Å². The number of rotatable bonds is 10. The Hall–Kier alpha value is -1.94. The number of pyridine rings is 1. The fourth-order valence-corrected chi connectivity index (χ4v) is 6.11. The predicted octanol–water partition coefficient (Wildman–Crippen LogP) is 6.38. The van der Waals surface area contributed by atoms with Gasteiger partial charge in [0.15, 0.2) is 17.1 Å². The number of nitrogens with zero attached hydrogens (tertiary/aromatic N) is 3.